The number of rotatable bonds is 9. The first-order valence-corrected chi connectivity index (χ1v) is 8.33. The van der Waals surface area contributed by atoms with Gasteiger partial charge in [-0.25, -0.2) is 0 Å². The highest BCUT2D eigenvalue weighted by Crippen LogP contribution is 1.91. The molecular formula is C13H28N4OS. The zero-order valence-corrected chi connectivity index (χ0v) is 13.4. The monoisotopic (exact) mass is 288 g/mol. The Labute approximate surface area is 121 Å². The molecule has 1 amide bonds. The van der Waals surface area contributed by atoms with Gasteiger partial charge in [0.15, 0.2) is 5.96 Å². The van der Waals surface area contributed by atoms with Crippen molar-refractivity contribution in [1.29, 1.82) is 0 Å². The molecule has 0 radical (unpaired) electrons. The molecule has 0 aromatic carbocycles. The van der Waals surface area contributed by atoms with E-state index in [1.165, 1.54) is 0 Å². The van der Waals surface area contributed by atoms with Crippen LogP contribution in [0.25, 0.3) is 0 Å². The van der Waals surface area contributed by atoms with E-state index in [1.54, 1.807) is 11.8 Å². The number of thioether (sulfide) groups is 1. The van der Waals surface area contributed by atoms with Gasteiger partial charge in [0.1, 0.15) is 0 Å². The van der Waals surface area contributed by atoms with E-state index in [-0.39, 0.29) is 11.9 Å². The van der Waals surface area contributed by atoms with Crippen LogP contribution in [0.2, 0.25) is 0 Å². The third kappa shape index (κ3) is 10.7. The van der Waals surface area contributed by atoms with Crippen LogP contribution >= 0.6 is 11.8 Å². The second-order valence-corrected chi connectivity index (χ2v) is 5.29. The Morgan fingerprint density at radius 3 is 2.63 bits per heavy atom. The summed E-state index contributed by atoms with van der Waals surface area (Å²) in [6.07, 6.45) is 3.49. The van der Waals surface area contributed by atoms with Gasteiger partial charge in [-0.2, -0.15) is 11.8 Å². The molecule has 112 valence electrons. The number of hydrogen-bond acceptors (Lipinski definition) is 3. The maximum Gasteiger partial charge on any atom is 0.221 e. The zero-order chi connectivity index (χ0) is 14.5. The Balaban J connectivity index is 3.91. The molecule has 0 bridgehead atoms. The summed E-state index contributed by atoms with van der Waals surface area (Å²) in [7, 11) is 0. The maximum atomic E-state index is 11.6. The molecule has 19 heavy (non-hydrogen) atoms. The van der Waals surface area contributed by atoms with Crippen LogP contribution in [0.15, 0.2) is 4.99 Å². The third-order valence-corrected chi connectivity index (χ3v) is 3.16. The number of hydrogen-bond donors (Lipinski definition) is 3. The first-order chi connectivity index (χ1) is 9.13. The quantitative estimate of drug-likeness (QED) is 0.339. The van der Waals surface area contributed by atoms with E-state index in [9.17, 15) is 4.79 Å². The fourth-order valence-corrected chi connectivity index (χ4v) is 1.61. The molecule has 3 N–H and O–H groups in total. The molecule has 0 aliphatic rings. The van der Waals surface area contributed by atoms with Gasteiger partial charge in [-0.15, -0.1) is 0 Å². The molecule has 0 saturated carbocycles. The van der Waals surface area contributed by atoms with Crippen molar-refractivity contribution < 1.29 is 4.79 Å². The number of carbonyl (C=O) groups is 1. The van der Waals surface area contributed by atoms with Gasteiger partial charge in [-0.05, 0) is 26.5 Å². The van der Waals surface area contributed by atoms with Crippen molar-refractivity contribution in [3.63, 3.8) is 0 Å². The van der Waals surface area contributed by atoms with Gasteiger partial charge in [-0.1, -0.05) is 6.92 Å². The van der Waals surface area contributed by atoms with Crippen LogP contribution in [-0.4, -0.2) is 49.6 Å². The fraction of sp³-hybridized carbons (Fsp3) is 0.846. The second kappa shape index (κ2) is 12.1. The number of nitrogens with zero attached hydrogens (tertiary/aromatic N) is 1. The normalized spacial score (nSPS) is 12.9. The van der Waals surface area contributed by atoms with Crippen molar-refractivity contribution >= 4 is 23.6 Å². The Morgan fingerprint density at radius 2 is 2.05 bits per heavy atom. The summed E-state index contributed by atoms with van der Waals surface area (Å²) in [5.41, 5.74) is 0. The van der Waals surface area contributed by atoms with Crippen LogP contribution in [0, 0.1) is 0 Å². The van der Waals surface area contributed by atoms with Crippen molar-refractivity contribution in [2.45, 2.75) is 39.7 Å². The van der Waals surface area contributed by atoms with Crippen LogP contribution in [0.3, 0.4) is 0 Å². The lowest BCUT2D eigenvalue weighted by Gasteiger charge is -2.13. The van der Waals surface area contributed by atoms with Crippen molar-refractivity contribution in [2.75, 3.05) is 31.6 Å². The second-order valence-electron chi connectivity index (χ2n) is 4.31. The Kier molecular flexibility index (Phi) is 11.6. The summed E-state index contributed by atoms with van der Waals surface area (Å²) in [5.74, 6) is 1.88. The van der Waals surface area contributed by atoms with Crippen LogP contribution in [0.1, 0.15) is 33.6 Å². The van der Waals surface area contributed by atoms with Crippen molar-refractivity contribution in [3.8, 4) is 0 Å². The lowest BCUT2D eigenvalue weighted by molar-refractivity contribution is -0.121. The average molecular weight is 288 g/mol. The summed E-state index contributed by atoms with van der Waals surface area (Å²) in [4.78, 5) is 16.0. The molecule has 0 spiro atoms. The van der Waals surface area contributed by atoms with E-state index < -0.39 is 0 Å². The smallest absolute Gasteiger partial charge is 0.221 e. The van der Waals surface area contributed by atoms with E-state index in [0.29, 0.717) is 13.0 Å². The number of amides is 1. The maximum absolute atomic E-state index is 11.6. The minimum atomic E-state index is 0.0850. The topological polar surface area (TPSA) is 65.5 Å². The molecule has 1 unspecified atom stereocenters. The Morgan fingerprint density at radius 1 is 1.32 bits per heavy atom. The van der Waals surface area contributed by atoms with Crippen LogP contribution < -0.4 is 16.0 Å². The van der Waals surface area contributed by atoms with E-state index in [2.05, 4.69) is 34.1 Å². The van der Waals surface area contributed by atoms with Crippen molar-refractivity contribution in [3.05, 3.63) is 0 Å². The molecule has 0 saturated heterocycles. The molecule has 0 aromatic rings. The minimum Gasteiger partial charge on any atom is -0.357 e. The highest BCUT2D eigenvalue weighted by atomic mass is 32.2. The van der Waals surface area contributed by atoms with Gasteiger partial charge >= 0.3 is 0 Å². The molecule has 0 rings (SSSR count). The first-order valence-electron chi connectivity index (χ1n) is 6.94. The molecule has 1 atom stereocenters. The molecule has 0 aliphatic carbocycles. The van der Waals surface area contributed by atoms with Crippen LogP contribution in [-0.2, 0) is 4.79 Å². The zero-order valence-electron chi connectivity index (χ0n) is 12.6. The molecule has 0 fully saturated rings. The minimum absolute atomic E-state index is 0.0850. The summed E-state index contributed by atoms with van der Waals surface area (Å²) in [6.45, 7) is 8.32. The summed E-state index contributed by atoms with van der Waals surface area (Å²) in [5, 5.41) is 9.28. The van der Waals surface area contributed by atoms with E-state index in [4.69, 9.17) is 0 Å². The van der Waals surface area contributed by atoms with Gasteiger partial charge in [0.05, 0.1) is 6.54 Å². The van der Waals surface area contributed by atoms with Gasteiger partial charge in [0.25, 0.3) is 0 Å². The standard InChI is InChI=1S/C13H28N4OS/c1-5-11(3)17-12(18)7-8-15-13(14-6-2)16-9-10-19-4/h11H,5-10H2,1-4H3,(H,17,18)(H2,14,15,16). The van der Waals surface area contributed by atoms with Gasteiger partial charge in [-0.3, -0.25) is 9.79 Å². The lowest BCUT2D eigenvalue weighted by atomic mass is 10.2. The predicted octanol–water partition coefficient (Wildman–Crippen LogP) is 1.21. The molecule has 6 heteroatoms. The Bertz CT molecular complexity index is 271. The lowest BCUT2D eigenvalue weighted by Crippen LogP contribution is -2.40. The van der Waals surface area contributed by atoms with Crippen molar-refractivity contribution in [2.24, 2.45) is 4.99 Å². The molecule has 0 aliphatic heterocycles. The van der Waals surface area contributed by atoms with Crippen LogP contribution in [0.5, 0.6) is 0 Å². The van der Waals surface area contributed by atoms with Gasteiger partial charge in [0.2, 0.25) is 5.91 Å². The first kappa shape index (κ1) is 18.1. The van der Waals surface area contributed by atoms with Crippen LogP contribution in [0.4, 0.5) is 0 Å². The molecule has 0 aromatic heterocycles. The average Bonchev–Trinajstić information content (AvgIpc) is 2.38. The van der Waals surface area contributed by atoms with Gasteiger partial charge in [0, 0.05) is 31.3 Å². The highest BCUT2D eigenvalue weighted by Gasteiger charge is 2.05. The predicted molar refractivity (Wildman–Crippen MR) is 84.9 cm³/mol. The molecular weight excluding hydrogens is 260 g/mol. The van der Waals surface area contributed by atoms with E-state index in [0.717, 1.165) is 31.2 Å². The largest absolute Gasteiger partial charge is 0.357 e. The summed E-state index contributed by atoms with van der Waals surface area (Å²) >= 11 is 1.77. The fourth-order valence-electron chi connectivity index (χ4n) is 1.33. The van der Waals surface area contributed by atoms with Gasteiger partial charge < -0.3 is 16.0 Å². The Hall–Kier alpha value is -0.910. The summed E-state index contributed by atoms with van der Waals surface area (Å²) in [6, 6.07) is 0.246. The third-order valence-electron chi connectivity index (χ3n) is 2.57. The SMILES string of the molecule is CCNC(=NCCSC)NCCC(=O)NC(C)CC. The van der Waals surface area contributed by atoms with E-state index >= 15 is 0 Å². The van der Waals surface area contributed by atoms with E-state index in [1.807, 2.05) is 13.8 Å². The van der Waals surface area contributed by atoms with Crippen molar-refractivity contribution in [1.82, 2.24) is 16.0 Å². The molecule has 5 nitrogen and oxygen atoms in total. The summed E-state index contributed by atoms with van der Waals surface area (Å²) < 4.78 is 0. The highest BCUT2D eigenvalue weighted by molar-refractivity contribution is 7.98. The number of nitrogens with one attached hydrogen (secondary N) is 3. The number of carbonyl (C=O) groups excluding carboxylic acids is 1. The number of guanidine groups is 1. The number of aliphatic imine (C=N–C) groups is 1. The molecule has 0 heterocycles.